The van der Waals surface area contributed by atoms with Crippen LogP contribution in [0, 0.1) is 0 Å². The molecule has 2 aliphatic rings. The average molecular weight is 466 g/mol. The first-order chi connectivity index (χ1) is 16.0. The number of benzene rings is 1. The minimum absolute atomic E-state index is 0.0688. The summed E-state index contributed by atoms with van der Waals surface area (Å²) in [7, 11) is 0. The Labute approximate surface area is 198 Å². The molecule has 3 aromatic rings. The van der Waals surface area contributed by atoms with Crippen molar-refractivity contribution >= 4 is 33.4 Å². The van der Waals surface area contributed by atoms with Gasteiger partial charge < -0.3 is 19.5 Å². The highest BCUT2D eigenvalue weighted by atomic mass is 32.1. The Balaban J connectivity index is 1.54. The Morgan fingerprint density at radius 3 is 2.79 bits per heavy atom. The number of carbonyl (C=O) groups excluding carboxylic acids is 2. The summed E-state index contributed by atoms with van der Waals surface area (Å²) in [4.78, 5) is 30.5. The van der Waals surface area contributed by atoms with E-state index in [1.165, 1.54) is 6.42 Å². The summed E-state index contributed by atoms with van der Waals surface area (Å²) in [5.74, 6) is 0.572. The summed E-state index contributed by atoms with van der Waals surface area (Å²) in [6.45, 7) is 5.16. The Morgan fingerprint density at radius 2 is 2.00 bits per heavy atom. The van der Waals surface area contributed by atoms with Crippen LogP contribution in [0.5, 0.6) is 5.75 Å². The molecule has 0 radical (unpaired) electrons. The molecule has 1 atom stereocenters. The SMILES string of the molecule is CCOc1ccccc1CN1C(=O)c2cc3ccsc3n2C[C@@]1(C)C(=O)NC1CCCCC1. The van der Waals surface area contributed by atoms with Crippen molar-refractivity contribution < 1.29 is 14.3 Å². The Bertz CT molecular complexity index is 1180. The molecule has 7 heteroatoms. The van der Waals surface area contributed by atoms with E-state index in [1.54, 1.807) is 16.2 Å². The molecule has 6 nitrogen and oxygen atoms in total. The van der Waals surface area contributed by atoms with Gasteiger partial charge in [0.2, 0.25) is 5.91 Å². The molecule has 0 saturated heterocycles. The van der Waals surface area contributed by atoms with Gasteiger partial charge in [-0.1, -0.05) is 37.5 Å². The molecule has 1 aliphatic carbocycles. The van der Waals surface area contributed by atoms with Crippen molar-refractivity contribution in [3.63, 3.8) is 0 Å². The van der Waals surface area contributed by atoms with Crippen LogP contribution < -0.4 is 10.1 Å². The van der Waals surface area contributed by atoms with Crippen molar-refractivity contribution in [2.45, 2.75) is 70.6 Å². The minimum Gasteiger partial charge on any atom is -0.494 e. The third-order valence-corrected chi connectivity index (χ3v) is 8.01. The number of thiophene rings is 1. The van der Waals surface area contributed by atoms with Crippen molar-refractivity contribution in [1.82, 2.24) is 14.8 Å². The van der Waals surface area contributed by atoms with Gasteiger partial charge in [0.1, 0.15) is 21.8 Å². The number of nitrogens with one attached hydrogen (secondary N) is 1. The van der Waals surface area contributed by atoms with Gasteiger partial charge in [-0.2, -0.15) is 0 Å². The van der Waals surface area contributed by atoms with Crippen molar-refractivity contribution in [1.29, 1.82) is 0 Å². The van der Waals surface area contributed by atoms with Gasteiger partial charge in [-0.05, 0) is 50.3 Å². The second kappa shape index (κ2) is 8.86. The van der Waals surface area contributed by atoms with Crippen LogP contribution >= 0.6 is 11.3 Å². The zero-order valence-corrected chi connectivity index (χ0v) is 20.1. The Hall–Kier alpha value is -2.80. The van der Waals surface area contributed by atoms with Gasteiger partial charge in [0.05, 0.1) is 19.7 Å². The van der Waals surface area contributed by atoms with Crippen LogP contribution in [-0.2, 0) is 17.9 Å². The molecule has 1 fully saturated rings. The smallest absolute Gasteiger partial charge is 0.271 e. The van der Waals surface area contributed by atoms with E-state index < -0.39 is 5.54 Å². The van der Waals surface area contributed by atoms with Crippen molar-refractivity contribution in [2.75, 3.05) is 6.61 Å². The number of ether oxygens (including phenoxy) is 1. The molecular weight excluding hydrogens is 434 g/mol. The largest absolute Gasteiger partial charge is 0.494 e. The van der Waals surface area contributed by atoms with Crippen LogP contribution in [0.15, 0.2) is 41.8 Å². The number of amides is 2. The van der Waals surface area contributed by atoms with Crippen molar-refractivity contribution in [2.24, 2.45) is 0 Å². The number of rotatable bonds is 6. The normalized spacial score (nSPS) is 21.3. The van der Waals surface area contributed by atoms with E-state index in [9.17, 15) is 9.59 Å². The number of carbonyl (C=O) groups is 2. The van der Waals surface area contributed by atoms with Gasteiger partial charge in [-0.25, -0.2) is 0 Å². The van der Waals surface area contributed by atoms with E-state index in [0.29, 0.717) is 25.4 Å². The zero-order valence-electron chi connectivity index (χ0n) is 19.3. The summed E-state index contributed by atoms with van der Waals surface area (Å²) in [5.41, 5.74) is 0.552. The maximum atomic E-state index is 13.9. The third kappa shape index (κ3) is 3.92. The van der Waals surface area contributed by atoms with E-state index in [0.717, 1.165) is 47.2 Å². The quantitative estimate of drug-likeness (QED) is 0.559. The number of nitrogens with zero attached hydrogens (tertiary/aromatic N) is 2. The van der Waals surface area contributed by atoms with Crippen LogP contribution in [0.25, 0.3) is 10.2 Å². The molecule has 0 unspecified atom stereocenters. The number of fused-ring (bicyclic) bond motifs is 3. The number of aromatic nitrogens is 1. The third-order valence-electron chi connectivity index (χ3n) is 7.06. The molecule has 0 spiro atoms. The van der Waals surface area contributed by atoms with Crippen LogP contribution in [0.2, 0.25) is 0 Å². The van der Waals surface area contributed by atoms with Crippen molar-refractivity contribution in [3.8, 4) is 5.75 Å². The molecule has 2 aromatic heterocycles. The van der Waals surface area contributed by atoms with E-state index in [2.05, 4.69) is 5.32 Å². The van der Waals surface area contributed by atoms with Gasteiger partial charge in [0, 0.05) is 17.0 Å². The first kappa shape index (κ1) is 22.0. The maximum Gasteiger partial charge on any atom is 0.271 e. The lowest BCUT2D eigenvalue weighted by molar-refractivity contribution is -0.134. The molecule has 0 bridgehead atoms. The molecule has 1 N–H and O–H groups in total. The monoisotopic (exact) mass is 465 g/mol. The van der Waals surface area contributed by atoms with Gasteiger partial charge in [0.25, 0.3) is 5.91 Å². The molecule has 1 saturated carbocycles. The Morgan fingerprint density at radius 1 is 1.21 bits per heavy atom. The molecule has 2 amide bonds. The van der Waals surface area contributed by atoms with Gasteiger partial charge in [-0.3, -0.25) is 9.59 Å². The van der Waals surface area contributed by atoms with Gasteiger partial charge in [-0.15, -0.1) is 11.3 Å². The van der Waals surface area contributed by atoms with Crippen molar-refractivity contribution in [3.05, 3.63) is 53.0 Å². The highest BCUT2D eigenvalue weighted by molar-refractivity contribution is 7.16. The van der Waals surface area contributed by atoms with Gasteiger partial charge in [0.15, 0.2) is 0 Å². The lowest BCUT2D eigenvalue weighted by atomic mass is 9.91. The molecule has 1 aliphatic heterocycles. The lowest BCUT2D eigenvalue weighted by Gasteiger charge is -2.45. The highest BCUT2D eigenvalue weighted by Gasteiger charge is 2.48. The van der Waals surface area contributed by atoms with E-state index in [-0.39, 0.29) is 17.9 Å². The fourth-order valence-electron chi connectivity index (χ4n) is 5.19. The fraction of sp³-hybridized carbons (Fsp3) is 0.462. The molecule has 3 heterocycles. The van der Waals surface area contributed by atoms with Crippen LogP contribution in [0.1, 0.15) is 62.0 Å². The molecule has 33 heavy (non-hydrogen) atoms. The van der Waals surface area contributed by atoms with Crippen LogP contribution in [0.3, 0.4) is 0 Å². The van der Waals surface area contributed by atoms with E-state index in [4.69, 9.17) is 4.74 Å². The molecule has 174 valence electrons. The lowest BCUT2D eigenvalue weighted by Crippen LogP contribution is -2.64. The summed E-state index contributed by atoms with van der Waals surface area (Å²) >= 11 is 1.61. The number of para-hydroxylation sites is 1. The highest BCUT2D eigenvalue weighted by Crippen LogP contribution is 2.36. The first-order valence-corrected chi connectivity index (χ1v) is 12.8. The van der Waals surface area contributed by atoms with E-state index in [1.807, 2.05) is 60.2 Å². The molecular formula is C26H31N3O3S. The van der Waals surface area contributed by atoms with Crippen LogP contribution in [-0.4, -0.2) is 39.5 Å². The molecule has 1 aromatic carbocycles. The maximum absolute atomic E-state index is 13.9. The number of hydrogen-bond donors (Lipinski definition) is 1. The topological polar surface area (TPSA) is 63.6 Å². The standard InChI is InChI=1S/C26H31N3O3S/c1-3-32-22-12-8-7-9-19(22)16-29-23(30)21-15-18-13-14-33-24(18)28(21)17-26(29,2)25(31)27-20-10-5-4-6-11-20/h7-9,12-15,20H,3-6,10-11,16-17H2,1-2H3,(H,27,31)/t26-/m0/s1. The predicted molar refractivity (Wildman–Crippen MR) is 131 cm³/mol. The van der Waals surface area contributed by atoms with Gasteiger partial charge >= 0.3 is 0 Å². The fourth-order valence-corrected chi connectivity index (χ4v) is 6.09. The zero-order chi connectivity index (χ0) is 23.0. The van der Waals surface area contributed by atoms with Crippen LogP contribution in [0.4, 0.5) is 0 Å². The average Bonchev–Trinajstić information content (AvgIpc) is 3.41. The second-order valence-electron chi connectivity index (χ2n) is 9.31. The summed E-state index contributed by atoms with van der Waals surface area (Å²) in [5, 5.41) is 6.38. The summed E-state index contributed by atoms with van der Waals surface area (Å²) in [6.07, 6.45) is 5.53. The summed E-state index contributed by atoms with van der Waals surface area (Å²) < 4.78 is 7.86. The Kier molecular flexibility index (Phi) is 5.91. The molecule has 5 rings (SSSR count). The number of hydrogen-bond acceptors (Lipinski definition) is 4. The van der Waals surface area contributed by atoms with E-state index >= 15 is 0 Å². The minimum atomic E-state index is -1.00. The predicted octanol–water partition coefficient (Wildman–Crippen LogP) is 4.97. The second-order valence-corrected chi connectivity index (χ2v) is 10.2. The summed E-state index contributed by atoms with van der Waals surface area (Å²) in [6, 6.07) is 11.9. The first-order valence-electron chi connectivity index (χ1n) is 11.9.